The van der Waals surface area contributed by atoms with Gasteiger partial charge in [-0.3, -0.25) is 0 Å². The fraction of sp³-hybridized carbons (Fsp3) is 0.357. The number of aromatic nitrogens is 2. The Bertz CT molecular complexity index is 513. The van der Waals surface area contributed by atoms with Gasteiger partial charge in [0.1, 0.15) is 5.82 Å². The van der Waals surface area contributed by atoms with Gasteiger partial charge in [0.15, 0.2) is 11.6 Å². The highest BCUT2D eigenvalue weighted by molar-refractivity contribution is 5.35. The molecule has 2 rings (SSSR count). The van der Waals surface area contributed by atoms with E-state index < -0.39 is 0 Å². The minimum atomic E-state index is -0.352. The normalized spacial score (nSPS) is 12.4. The van der Waals surface area contributed by atoms with E-state index in [1.54, 1.807) is 30.6 Å². The lowest BCUT2D eigenvalue weighted by Gasteiger charge is -2.18. The number of H-pyrrole nitrogens is 1. The molecular weight excluding hydrogens is 245 g/mol. The number of imidazole rings is 1. The fourth-order valence-electron chi connectivity index (χ4n) is 1.99. The summed E-state index contributed by atoms with van der Waals surface area (Å²) in [5.41, 5.74) is 0.530. The quantitative estimate of drug-likeness (QED) is 0.842. The smallest absolute Gasteiger partial charge is 0.170 e. The highest BCUT2D eigenvalue weighted by Gasteiger charge is 2.21. The van der Waals surface area contributed by atoms with Gasteiger partial charge in [0.25, 0.3) is 0 Å². The van der Waals surface area contributed by atoms with Gasteiger partial charge in [0.2, 0.25) is 0 Å². The zero-order valence-corrected chi connectivity index (χ0v) is 11.1. The van der Waals surface area contributed by atoms with Gasteiger partial charge in [0, 0.05) is 18.0 Å². The van der Waals surface area contributed by atoms with E-state index in [2.05, 4.69) is 22.2 Å². The van der Waals surface area contributed by atoms with Crippen LogP contribution >= 0.6 is 0 Å². The van der Waals surface area contributed by atoms with Crippen molar-refractivity contribution in [2.45, 2.75) is 19.4 Å². The number of ether oxygens (including phenoxy) is 1. The molecule has 4 nitrogen and oxygen atoms in total. The van der Waals surface area contributed by atoms with E-state index in [4.69, 9.17) is 4.74 Å². The first-order valence-corrected chi connectivity index (χ1v) is 6.33. The third-order valence-electron chi connectivity index (χ3n) is 2.92. The molecule has 0 aliphatic heterocycles. The predicted molar refractivity (Wildman–Crippen MR) is 71.7 cm³/mol. The molecule has 5 heteroatoms. The van der Waals surface area contributed by atoms with Gasteiger partial charge in [0.05, 0.1) is 13.2 Å². The topological polar surface area (TPSA) is 49.9 Å². The molecule has 1 aromatic heterocycles. The predicted octanol–water partition coefficient (Wildman–Crippen LogP) is 2.65. The van der Waals surface area contributed by atoms with Gasteiger partial charge in [-0.2, -0.15) is 0 Å². The summed E-state index contributed by atoms with van der Waals surface area (Å²) in [5.74, 6) is 0.586. The van der Waals surface area contributed by atoms with Gasteiger partial charge in [-0.25, -0.2) is 9.37 Å². The zero-order chi connectivity index (χ0) is 13.7. The van der Waals surface area contributed by atoms with Crippen molar-refractivity contribution in [3.8, 4) is 5.75 Å². The van der Waals surface area contributed by atoms with Crippen LogP contribution in [0.1, 0.15) is 30.8 Å². The van der Waals surface area contributed by atoms with Crippen LogP contribution in [-0.4, -0.2) is 23.6 Å². The molecule has 1 atom stereocenters. The van der Waals surface area contributed by atoms with Crippen LogP contribution in [0.15, 0.2) is 30.6 Å². The molecule has 0 saturated heterocycles. The number of aromatic amines is 1. The molecule has 0 radical (unpaired) electrons. The number of nitrogens with one attached hydrogen (secondary N) is 2. The van der Waals surface area contributed by atoms with Gasteiger partial charge in [-0.15, -0.1) is 0 Å². The first kappa shape index (κ1) is 13.5. The number of hydrogen-bond acceptors (Lipinski definition) is 3. The Kier molecular flexibility index (Phi) is 4.52. The van der Waals surface area contributed by atoms with Crippen LogP contribution in [0, 0.1) is 5.82 Å². The maximum absolute atomic E-state index is 14.3. The third kappa shape index (κ3) is 2.93. The van der Waals surface area contributed by atoms with Crippen molar-refractivity contribution >= 4 is 0 Å². The molecule has 0 fully saturated rings. The van der Waals surface area contributed by atoms with Crippen molar-refractivity contribution in [3.63, 3.8) is 0 Å². The second-order valence-electron chi connectivity index (χ2n) is 4.23. The van der Waals surface area contributed by atoms with E-state index in [1.807, 2.05) is 0 Å². The summed E-state index contributed by atoms with van der Waals surface area (Å²) < 4.78 is 19.4. The summed E-state index contributed by atoms with van der Waals surface area (Å²) in [5, 5.41) is 3.29. The summed E-state index contributed by atoms with van der Waals surface area (Å²) in [6.45, 7) is 2.84. The number of benzene rings is 1. The Morgan fingerprint density at radius 2 is 2.32 bits per heavy atom. The second kappa shape index (κ2) is 6.33. The molecule has 19 heavy (non-hydrogen) atoms. The molecule has 2 N–H and O–H groups in total. The first-order valence-electron chi connectivity index (χ1n) is 6.33. The number of hydrogen-bond donors (Lipinski definition) is 2. The molecule has 2 aromatic rings. The summed E-state index contributed by atoms with van der Waals surface area (Å²) in [7, 11) is 1.46. The Morgan fingerprint density at radius 1 is 1.47 bits per heavy atom. The highest BCUT2D eigenvalue weighted by Crippen LogP contribution is 2.27. The largest absolute Gasteiger partial charge is 0.494 e. The third-order valence-corrected chi connectivity index (χ3v) is 2.92. The minimum Gasteiger partial charge on any atom is -0.494 e. The molecule has 0 saturated carbocycles. The second-order valence-corrected chi connectivity index (χ2v) is 4.23. The van der Waals surface area contributed by atoms with Crippen LogP contribution in [0.3, 0.4) is 0 Å². The van der Waals surface area contributed by atoms with E-state index in [-0.39, 0.29) is 17.6 Å². The molecule has 0 amide bonds. The number of nitrogens with zero attached hydrogens (tertiary/aromatic N) is 1. The van der Waals surface area contributed by atoms with Crippen molar-refractivity contribution in [2.24, 2.45) is 0 Å². The SMILES string of the molecule is CCCNC(c1ncc[nH]1)c1cccc(OC)c1F. The van der Waals surface area contributed by atoms with E-state index in [0.29, 0.717) is 11.4 Å². The number of methoxy groups -OCH3 is 1. The molecule has 0 aliphatic carbocycles. The van der Waals surface area contributed by atoms with Crippen molar-refractivity contribution < 1.29 is 9.13 Å². The van der Waals surface area contributed by atoms with E-state index >= 15 is 0 Å². The van der Waals surface area contributed by atoms with Crippen molar-refractivity contribution in [3.05, 3.63) is 47.8 Å². The summed E-state index contributed by atoms with van der Waals surface area (Å²) in [6, 6.07) is 4.83. The molecule has 0 bridgehead atoms. The Hall–Kier alpha value is -1.88. The lowest BCUT2D eigenvalue weighted by atomic mass is 10.0. The molecule has 1 aromatic carbocycles. The number of halogens is 1. The summed E-state index contributed by atoms with van der Waals surface area (Å²) in [6.07, 6.45) is 4.35. The van der Waals surface area contributed by atoms with Crippen LogP contribution < -0.4 is 10.1 Å². The minimum absolute atomic E-state index is 0.243. The monoisotopic (exact) mass is 263 g/mol. The van der Waals surface area contributed by atoms with Crippen LogP contribution in [0.5, 0.6) is 5.75 Å². The standard InChI is InChI=1S/C14H18FN3O/c1-3-7-16-13(14-17-8-9-18-14)10-5-4-6-11(19-2)12(10)15/h4-6,8-9,13,16H,3,7H2,1-2H3,(H,17,18). The summed E-state index contributed by atoms with van der Waals surface area (Å²) in [4.78, 5) is 7.25. The van der Waals surface area contributed by atoms with Gasteiger partial charge in [-0.05, 0) is 19.0 Å². The van der Waals surface area contributed by atoms with Crippen LogP contribution in [0.2, 0.25) is 0 Å². The van der Waals surface area contributed by atoms with E-state index in [9.17, 15) is 4.39 Å². The van der Waals surface area contributed by atoms with Crippen LogP contribution in [0.4, 0.5) is 4.39 Å². The average Bonchev–Trinajstić information content (AvgIpc) is 2.95. The average molecular weight is 263 g/mol. The number of rotatable bonds is 6. The lowest BCUT2D eigenvalue weighted by molar-refractivity contribution is 0.381. The lowest BCUT2D eigenvalue weighted by Crippen LogP contribution is -2.25. The van der Waals surface area contributed by atoms with Crippen molar-refractivity contribution in [2.75, 3.05) is 13.7 Å². The van der Waals surface area contributed by atoms with Crippen molar-refractivity contribution in [1.29, 1.82) is 0 Å². The highest BCUT2D eigenvalue weighted by atomic mass is 19.1. The van der Waals surface area contributed by atoms with Crippen LogP contribution in [0.25, 0.3) is 0 Å². The molecule has 1 unspecified atom stereocenters. The maximum Gasteiger partial charge on any atom is 0.170 e. The van der Waals surface area contributed by atoms with Crippen LogP contribution in [-0.2, 0) is 0 Å². The fourth-order valence-corrected chi connectivity index (χ4v) is 1.99. The van der Waals surface area contributed by atoms with Gasteiger partial charge < -0.3 is 15.0 Å². The molecule has 1 heterocycles. The van der Waals surface area contributed by atoms with Gasteiger partial charge >= 0.3 is 0 Å². The van der Waals surface area contributed by atoms with Crippen molar-refractivity contribution in [1.82, 2.24) is 15.3 Å². The Morgan fingerprint density at radius 3 is 2.95 bits per heavy atom. The molecule has 0 spiro atoms. The first-order chi connectivity index (χ1) is 9.27. The molecule has 102 valence electrons. The maximum atomic E-state index is 14.3. The Balaban J connectivity index is 2.38. The molecular formula is C14H18FN3O. The molecule has 0 aliphatic rings. The van der Waals surface area contributed by atoms with E-state index in [1.165, 1.54) is 7.11 Å². The van der Waals surface area contributed by atoms with Gasteiger partial charge in [-0.1, -0.05) is 19.1 Å². The zero-order valence-electron chi connectivity index (χ0n) is 11.1. The van der Waals surface area contributed by atoms with E-state index in [0.717, 1.165) is 13.0 Å². The summed E-state index contributed by atoms with van der Waals surface area (Å²) >= 11 is 0. The Labute approximate surface area is 112 Å².